The maximum Gasteiger partial charge on any atom is 0.309 e. The van der Waals surface area contributed by atoms with Gasteiger partial charge < -0.3 is 10.2 Å². The van der Waals surface area contributed by atoms with E-state index in [1.165, 1.54) is 6.92 Å². The fraction of sp³-hybridized carbons (Fsp3) is 0.417. The summed E-state index contributed by atoms with van der Waals surface area (Å²) < 4.78 is 0. The summed E-state index contributed by atoms with van der Waals surface area (Å²) in [5.74, 6) is -1.77. The Morgan fingerprint density at radius 1 is 1.33 bits per heavy atom. The van der Waals surface area contributed by atoms with Gasteiger partial charge in [-0.25, -0.2) is 0 Å². The number of aryl methyl sites for hydroxylation is 2. The van der Waals surface area contributed by atoms with Gasteiger partial charge in [-0.05, 0) is 31.9 Å². The third-order valence-electron chi connectivity index (χ3n) is 2.61. The van der Waals surface area contributed by atoms with Crippen molar-refractivity contribution in [2.24, 2.45) is 5.92 Å². The maximum absolute atomic E-state index is 10.7. The van der Waals surface area contributed by atoms with E-state index in [9.17, 15) is 9.90 Å². The highest BCUT2D eigenvalue weighted by molar-refractivity contribution is 5.70. The Balaban J connectivity index is 3.01. The van der Waals surface area contributed by atoms with Crippen LogP contribution < -0.4 is 0 Å². The fourth-order valence-corrected chi connectivity index (χ4v) is 1.56. The SMILES string of the molecule is Cc1ccc(C(O)C(C)C(=O)O)c(C)c1. The lowest BCUT2D eigenvalue weighted by molar-refractivity contribution is -0.145. The van der Waals surface area contributed by atoms with Gasteiger partial charge in [-0.15, -0.1) is 0 Å². The van der Waals surface area contributed by atoms with Crippen LogP contribution >= 0.6 is 0 Å². The van der Waals surface area contributed by atoms with Crippen LogP contribution in [0.25, 0.3) is 0 Å². The number of aliphatic hydroxyl groups is 1. The van der Waals surface area contributed by atoms with E-state index in [1.54, 1.807) is 6.07 Å². The minimum Gasteiger partial charge on any atom is -0.481 e. The molecular formula is C12H16O3. The summed E-state index contributed by atoms with van der Waals surface area (Å²) in [4.78, 5) is 10.7. The van der Waals surface area contributed by atoms with Crippen LogP contribution in [0, 0.1) is 19.8 Å². The van der Waals surface area contributed by atoms with Gasteiger partial charge in [0.15, 0.2) is 0 Å². The standard InChI is InChI=1S/C12H16O3/c1-7-4-5-10(8(2)6-7)11(13)9(3)12(14)15/h4-6,9,11,13H,1-3H3,(H,14,15). The minimum atomic E-state index is -0.984. The second kappa shape index (κ2) is 4.45. The lowest BCUT2D eigenvalue weighted by Gasteiger charge is -2.17. The van der Waals surface area contributed by atoms with E-state index in [0.717, 1.165) is 11.1 Å². The first-order chi connectivity index (χ1) is 6.93. The first-order valence-electron chi connectivity index (χ1n) is 4.91. The molecule has 82 valence electrons. The average Bonchev–Trinajstić information content (AvgIpc) is 2.15. The third-order valence-corrected chi connectivity index (χ3v) is 2.61. The van der Waals surface area contributed by atoms with Crippen LogP contribution in [0.15, 0.2) is 18.2 Å². The summed E-state index contributed by atoms with van der Waals surface area (Å²) in [6.07, 6.45) is -0.942. The summed E-state index contributed by atoms with van der Waals surface area (Å²) in [6, 6.07) is 5.60. The Morgan fingerprint density at radius 2 is 1.93 bits per heavy atom. The predicted molar refractivity (Wildman–Crippen MR) is 57.7 cm³/mol. The van der Waals surface area contributed by atoms with Gasteiger partial charge in [0.2, 0.25) is 0 Å². The zero-order valence-electron chi connectivity index (χ0n) is 9.19. The summed E-state index contributed by atoms with van der Waals surface area (Å²) in [5.41, 5.74) is 2.72. The Kier molecular flexibility index (Phi) is 3.48. The number of hydrogen-bond donors (Lipinski definition) is 2. The summed E-state index contributed by atoms with van der Waals surface area (Å²) >= 11 is 0. The molecule has 2 N–H and O–H groups in total. The number of carbonyl (C=O) groups is 1. The molecule has 1 aromatic carbocycles. The van der Waals surface area contributed by atoms with Gasteiger partial charge in [0, 0.05) is 0 Å². The van der Waals surface area contributed by atoms with Gasteiger partial charge in [0.05, 0.1) is 12.0 Å². The molecule has 2 unspecified atom stereocenters. The molecule has 0 radical (unpaired) electrons. The molecule has 3 nitrogen and oxygen atoms in total. The normalized spacial score (nSPS) is 14.7. The minimum absolute atomic E-state index is 0.690. The van der Waals surface area contributed by atoms with E-state index < -0.39 is 18.0 Å². The van der Waals surface area contributed by atoms with Crippen molar-refractivity contribution in [1.82, 2.24) is 0 Å². The molecule has 3 heteroatoms. The molecule has 0 amide bonds. The van der Waals surface area contributed by atoms with Crippen LogP contribution in [0.5, 0.6) is 0 Å². The van der Waals surface area contributed by atoms with Crippen molar-refractivity contribution in [3.05, 3.63) is 34.9 Å². The van der Waals surface area contributed by atoms with Crippen molar-refractivity contribution < 1.29 is 15.0 Å². The molecule has 0 bridgehead atoms. The van der Waals surface area contributed by atoms with Crippen molar-refractivity contribution in [3.63, 3.8) is 0 Å². The molecule has 0 fully saturated rings. The number of aliphatic hydroxyl groups excluding tert-OH is 1. The molecule has 0 heterocycles. The number of hydrogen-bond acceptors (Lipinski definition) is 2. The van der Waals surface area contributed by atoms with Crippen LogP contribution in [0.1, 0.15) is 29.7 Å². The van der Waals surface area contributed by atoms with Gasteiger partial charge in [0.1, 0.15) is 0 Å². The smallest absolute Gasteiger partial charge is 0.309 e. The Morgan fingerprint density at radius 3 is 2.40 bits per heavy atom. The van der Waals surface area contributed by atoms with Crippen molar-refractivity contribution >= 4 is 5.97 Å². The predicted octanol–water partition coefficient (Wildman–Crippen LogP) is 2.06. The van der Waals surface area contributed by atoms with Crippen molar-refractivity contribution in [2.75, 3.05) is 0 Å². The zero-order chi connectivity index (χ0) is 11.6. The molecule has 0 saturated heterocycles. The average molecular weight is 208 g/mol. The second-order valence-corrected chi connectivity index (χ2v) is 3.93. The number of benzene rings is 1. The fourth-order valence-electron chi connectivity index (χ4n) is 1.56. The van der Waals surface area contributed by atoms with Crippen molar-refractivity contribution in [2.45, 2.75) is 26.9 Å². The number of rotatable bonds is 3. The van der Waals surface area contributed by atoms with Gasteiger partial charge in [0.25, 0.3) is 0 Å². The number of carboxylic acid groups (broad SMARTS) is 1. The molecule has 1 rings (SSSR count). The first kappa shape index (κ1) is 11.7. The maximum atomic E-state index is 10.7. The monoisotopic (exact) mass is 208 g/mol. The topological polar surface area (TPSA) is 57.5 Å². The van der Waals surface area contributed by atoms with Gasteiger partial charge >= 0.3 is 5.97 Å². The van der Waals surface area contributed by atoms with E-state index in [-0.39, 0.29) is 0 Å². The van der Waals surface area contributed by atoms with Gasteiger partial charge in [-0.2, -0.15) is 0 Å². The van der Waals surface area contributed by atoms with E-state index in [0.29, 0.717) is 5.56 Å². The van der Waals surface area contributed by atoms with Crippen LogP contribution in [0.3, 0.4) is 0 Å². The van der Waals surface area contributed by atoms with Crippen LogP contribution in [-0.4, -0.2) is 16.2 Å². The molecule has 2 atom stereocenters. The molecule has 0 aromatic heterocycles. The van der Waals surface area contributed by atoms with E-state index in [2.05, 4.69) is 0 Å². The van der Waals surface area contributed by atoms with E-state index in [4.69, 9.17) is 5.11 Å². The number of aliphatic carboxylic acids is 1. The molecule has 0 aliphatic carbocycles. The summed E-state index contributed by atoms with van der Waals surface area (Å²) in [6.45, 7) is 5.34. The first-order valence-corrected chi connectivity index (χ1v) is 4.91. The van der Waals surface area contributed by atoms with Crippen molar-refractivity contribution in [3.8, 4) is 0 Å². The van der Waals surface area contributed by atoms with Gasteiger partial charge in [-0.3, -0.25) is 4.79 Å². The summed E-state index contributed by atoms with van der Waals surface area (Å²) in [5, 5.41) is 18.6. The highest BCUT2D eigenvalue weighted by Crippen LogP contribution is 2.25. The van der Waals surface area contributed by atoms with Crippen LogP contribution in [0.2, 0.25) is 0 Å². The Bertz CT molecular complexity index is 371. The molecular weight excluding hydrogens is 192 g/mol. The largest absolute Gasteiger partial charge is 0.481 e. The van der Waals surface area contributed by atoms with Crippen LogP contribution in [-0.2, 0) is 4.79 Å². The quantitative estimate of drug-likeness (QED) is 0.799. The van der Waals surface area contributed by atoms with Crippen molar-refractivity contribution in [1.29, 1.82) is 0 Å². The lowest BCUT2D eigenvalue weighted by Crippen LogP contribution is -2.19. The zero-order valence-corrected chi connectivity index (χ0v) is 9.19. The molecule has 1 aromatic rings. The third kappa shape index (κ3) is 2.57. The molecule has 0 aliphatic rings. The second-order valence-electron chi connectivity index (χ2n) is 3.93. The van der Waals surface area contributed by atoms with Crippen LogP contribution in [0.4, 0.5) is 0 Å². The highest BCUT2D eigenvalue weighted by Gasteiger charge is 2.23. The molecule has 0 aliphatic heterocycles. The summed E-state index contributed by atoms with van der Waals surface area (Å²) in [7, 11) is 0. The Labute approximate surface area is 89.4 Å². The lowest BCUT2D eigenvalue weighted by atomic mass is 9.93. The van der Waals surface area contributed by atoms with Gasteiger partial charge in [-0.1, -0.05) is 23.8 Å². The highest BCUT2D eigenvalue weighted by atomic mass is 16.4. The number of carboxylic acids is 1. The Hall–Kier alpha value is -1.35. The molecule has 0 saturated carbocycles. The molecule has 15 heavy (non-hydrogen) atoms. The van der Waals surface area contributed by atoms with E-state index >= 15 is 0 Å². The van der Waals surface area contributed by atoms with E-state index in [1.807, 2.05) is 26.0 Å². The molecule has 0 spiro atoms.